The van der Waals surface area contributed by atoms with Crippen LogP contribution in [0.15, 0.2) is 23.1 Å². The van der Waals surface area contributed by atoms with Gasteiger partial charge in [-0.3, -0.25) is 0 Å². The van der Waals surface area contributed by atoms with Crippen molar-refractivity contribution < 1.29 is 17.9 Å². The maximum absolute atomic E-state index is 11.8. The molecule has 0 unspecified atom stereocenters. The van der Waals surface area contributed by atoms with Crippen molar-refractivity contribution in [1.82, 2.24) is 0 Å². The third kappa shape index (κ3) is 3.70. The van der Waals surface area contributed by atoms with E-state index in [4.69, 9.17) is 4.74 Å². The molecule has 5 nitrogen and oxygen atoms in total. The molecule has 6 heteroatoms. The summed E-state index contributed by atoms with van der Waals surface area (Å²) in [5, 5.41) is 0. The van der Waals surface area contributed by atoms with Gasteiger partial charge in [-0.15, -0.1) is 0 Å². The average molecular weight is 285 g/mol. The summed E-state index contributed by atoms with van der Waals surface area (Å²) in [5.74, 6) is -0.538. The molecule has 0 aliphatic rings. The van der Waals surface area contributed by atoms with Crippen molar-refractivity contribution in [2.24, 2.45) is 0 Å². The Labute approximate surface area is 114 Å². The first-order valence-corrected chi connectivity index (χ1v) is 7.84. The number of carbonyl (C=O) groups excluding carboxylic acids is 1. The van der Waals surface area contributed by atoms with Crippen LogP contribution < -0.4 is 4.90 Å². The second-order valence-electron chi connectivity index (χ2n) is 4.36. The summed E-state index contributed by atoms with van der Waals surface area (Å²) >= 11 is 0. The Morgan fingerprint density at radius 3 is 2.47 bits per heavy atom. The highest BCUT2D eigenvalue weighted by Gasteiger charge is 2.18. The first-order valence-electron chi connectivity index (χ1n) is 5.94. The van der Waals surface area contributed by atoms with E-state index in [1.165, 1.54) is 19.2 Å². The number of ether oxygens (including phenoxy) is 1. The lowest BCUT2D eigenvalue weighted by atomic mass is 10.1. The van der Waals surface area contributed by atoms with E-state index in [1.54, 1.807) is 6.07 Å². The number of rotatable bonds is 5. The highest BCUT2D eigenvalue weighted by molar-refractivity contribution is 7.90. The standard InChI is InChI=1S/C13H19NO4S/c1-5-8-14(2)12-7-6-10(19(4,16)17)9-11(12)13(15)18-3/h6-7,9H,5,8H2,1-4H3. The first kappa shape index (κ1) is 15.5. The van der Waals surface area contributed by atoms with E-state index in [0.29, 0.717) is 5.69 Å². The largest absolute Gasteiger partial charge is 0.465 e. The fourth-order valence-corrected chi connectivity index (χ4v) is 2.46. The van der Waals surface area contributed by atoms with E-state index in [9.17, 15) is 13.2 Å². The van der Waals surface area contributed by atoms with Gasteiger partial charge in [0.2, 0.25) is 0 Å². The first-order chi connectivity index (χ1) is 8.81. The van der Waals surface area contributed by atoms with E-state index in [1.807, 2.05) is 18.9 Å². The van der Waals surface area contributed by atoms with Crippen molar-refractivity contribution >= 4 is 21.5 Å². The molecular weight excluding hydrogens is 266 g/mol. The number of benzene rings is 1. The Morgan fingerprint density at radius 1 is 1.37 bits per heavy atom. The molecule has 1 aromatic rings. The van der Waals surface area contributed by atoms with Gasteiger partial charge in [-0.2, -0.15) is 0 Å². The molecule has 0 aromatic heterocycles. The molecule has 0 fully saturated rings. The molecule has 0 atom stereocenters. The van der Waals surface area contributed by atoms with Crippen molar-refractivity contribution in [3.8, 4) is 0 Å². The van der Waals surface area contributed by atoms with Crippen molar-refractivity contribution in [1.29, 1.82) is 0 Å². The number of hydrogen-bond donors (Lipinski definition) is 0. The predicted octanol–water partition coefficient (Wildman–Crippen LogP) is 1.72. The van der Waals surface area contributed by atoms with Gasteiger partial charge < -0.3 is 9.64 Å². The summed E-state index contributed by atoms with van der Waals surface area (Å²) in [5.41, 5.74) is 0.933. The fourth-order valence-electron chi connectivity index (χ4n) is 1.81. The van der Waals surface area contributed by atoms with E-state index < -0.39 is 15.8 Å². The maximum atomic E-state index is 11.8. The van der Waals surface area contributed by atoms with Crippen LogP contribution in [0.1, 0.15) is 23.7 Å². The zero-order chi connectivity index (χ0) is 14.6. The lowest BCUT2D eigenvalue weighted by Gasteiger charge is -2.21. The van der Waals surface area contributed by atoms with Crippen LogP contribution in [-0.4, -0.2) is 41.3 Å². The number of esters is 1. The van der Waals surface area contributed by atoms with Gasteiger partial charge in [0.05, 0.1) is 23.3 Å². The summed E-state index contributed by atoms with van der Waals surface area (Å²) in [6, 6.07) is 4.50. The van der Waals surface area contributed by atoms with Gasteiger partial charge in [-0.1, -0.05) is 6.92 Å². The van der Waals surface area contributed by atoms with Gasteiger partial charge in [-0.05, 0) is 24.6 Å². The minimum atomic E-state index is -3.35. The second kappa shape index (κ2) is 6.06. The van der Waals surface area contributed by atoms with Crippen LogP contribution in [0, 0.1) is 0 Å². The van der Waals surface area contributed by atoms with Crippen LogP contribution in [0.25, 0.3) is 0 Å². The minimum absolute atomic E-state index is 0.113. The molecule has 0 amide bonds. The van der Waals surface area contributed by atoms with Gasteiger partial charge in [0, 0.05) is 19.8 Å². The minimum Gasteiger partial charge on any atom is -0.465 e. The Kier molecular flexibility index (Phi) is 4.94. The van der Waals surface area contributed by atoms with Crippen LogP contribution in [-0.2, 0) is 14.6 Å². The molecule has 0 aliphatic carbocycles. The maximum Gasteiger partial charge on any atom is 0.340 e. The van der Waals surface area contributed by atoms with Crippen LogP contribution in [0.5, 0.6) is 0 Å². The van der Waals surface area contributed by atoms with Gasteiger partial charge in [-0.25, -0.2) is 13.2 Å². The SMILES string of the molecule is CCCN(C)c1ccc(S(C)(=O)=O)cc1C(=O)OC. The molecule has 106 valence electrons. The molecule has 0 N–H and O–H groups in total. The second-order valence-corrected chi connectivity index (χ2v) is 6.38. The van der Waals surface area contributed by atoms with Crippen LogP contribution >= 0.6 is 0 Å². The zero-order valence-electron chi connectivity index (χ0n) is 11.6. The van der Waals surface area contributed by atoms with E-state index in [2.05, 4.69) is 0 Å². The lowest BCUT2D eigenvalue weighted by molar-refractivity contribution is 0.0601. The summed E-state index contributed by atoms with van der Waals surface area (Å²) in [7, 11) is -0.219. The molecule has 0 heterocycles. The summed E-state index contributed by atoms with van der Waals surface area (Å²) in [6.45, 7) is 2.79. The Bertz CT molecular complexity index is 566. The summed E-state index contributed by atoms with van der Waals surface area (Å²) in [4.78, 5) is 13.8. The molecule has 0 saturated heterocycles. The molecule has 1 aromatic carbocycles. The number of methoxy groups -OCH3 is 1. The van der Waals surface area contributed by atoms with Crippen LogP contribution in [0.3, 0.4) is 0 Å². The monoisotopic (exact) mass is 285 g/mol. The predicted molar refractivity (Wildman–Crippen MR) is 74.5 cm³/mol. The molecule has 0 aliphatic heterocycles. The van der Waals surface area contributed by atoms with Crippen molar-refractivity contribution in [2.45, 2.75) is 18.2 Å². The Balaban J connectivity index is 3.37. The van der Waals surface area contributed by atoms with Gasteiger partial charge >= 0.3 is 5.97 Å². The molecule has 0 bridgehead atoms. The van der Waals surface area contributed by atoms with Crippen molar-refractivity contribution in [2.75, 3.05) is 31.9 Å². The van der Waals surface area contributed by atoms with Gasteiger partial charge in [0.25, 0.3) is 0 Å². The van der Waals surface area contributed by atoms with E-state index in [0.717, 1.165) is 19.2 Å². The van der Waals surface area contributed by atoms with Gasteiger partial charge in [0.1, 0.15) is 0 Å². The summed E-state index contributed by atoms with van der Waals surface area (Å²) in [6.07, 6.45) is 2.03. The van der Waals surface area contributed by atoms with Crippen molar-refractivity contribution in [3.05, 3.63) is 23.8 Å². The Morgan fingerprint density at radius 2 is 2.00 bits per heavy atom. The average Bonchev–Trinajstić information content (AvgIpc) is 2.36. The molecule has 19 heavy (non-hydrogen) atoms. The molecule has 0 radical (unpaired) electrons. The summed E-state index contributed by atoms with van der Waals surface area (Å²) < 4.78 is 27.8. The zero-order valence-corrected chi connectivity index (χ0v) is 12.5. The number of hydrogen-bond acceptors (Lipinski definition) is 5. The molecule has 0 saturated carbocycles. The van der Waals surface area contributed by atoms with Crippen LogP contribution in [0.4, 0.5) is 5.69 Å². The number of carbonyl (C=O) groups is 1. The highest BCUT2D eigenvalue weighted by Crippen LogP contribution is 2.24. The highest BCUT2D eigenvalue weighted by atomic mass is 32.2. The van der Waals surface area contributed by atoms with Crippen LogP contribution in [0.2, 0.25) is 0 Å². The molecule has 1 rings (SSSR count). The van der Waals surface area contributed by atoms with E-state index >= 15 is 0 Å². The smallest absolute Gasteiger partial charge is 0.340 e. The number of anilines is 1. The van der Waals surface area contributed by atoms with E-state index in [-0.39, 0.29) is 10.5 Å². The topological polar surface area (TPSA) is 63.7 Å². The third-order valence-corrected chi connectivity index (χ3v) is 3.88. The normalized spacial score (nSPS) is 11.2. The Hall–Kier alpha value is -1.56. The number of nitrogens with zero attached hydrogens (tertiary/aromatic N) is 1. The molecular formula is C13H19NO4S. The van der Waals surface area contributed by atoms with Crippen molar-refractivity contribution in [3.63, 3.8) is 0 Å². The van der Waals surface area contributed by atoms with Gasteiger partial charge in [0.15, 0.2) is 9.84 Å². The molecule has 0 spiro atoms. The third-order valence-electron chi connectivity index (χ3n) is 2.77. The lowest BCUT2D eigenvalue weighted by Crippen LogP contribution is -2.21. The fraction of sp³-hybridized carbons (Fsp3) is 0.462. The quantitative estimate of drug-likeness (QED) is 0.771. The number of sulfone groups is 1.